The van der Waals surface area contributed by atoms with Crippen LogP contribution >= 0.6 is 0 Å². The van der Waals surface area contributed by atoms with Crippen LogP contribution in [0.1, 0.15) is 11.5 Å². The van der Waals surface area contributed by atoms with E-state index in [1.807, 2.05) is 6.07 Å². The van der Waals surface area contributed by atoms with E-state index in [0.29, 0.717) is 12.2 Å². The van der Waals surface area contributed by atoms with Crippen LogP contribution in [0.3, 0.4) is 0 Å². The summed E-state index contributed by atoms with van der Waals surface area (Å²) in [7, 11) is 0. The molecule has 1 aliphatic heterocycles. The highest BCUT2D eigenvalue weighted by Gasteiger charge is 2.34. The smallest absolute Gasteiger partial charge is 0.337 e. The molecule has 3 aromatic rings. The van der Waals surface area contributed by atoms with Crippen molar-refractivity contribution in [2.24, 2.45) is 0 Å². The van der Waals surface area contributed by atoms with Gasteiger partial charge in [-0.05, 0) is 24.3 Å². The third-order valence-corrected chi connectivity index (χ3v) is 4.62. The highest BCUT2D eigenvalue weighted by molar-refractivity contribution is 6.40. The third kappa shape index (κ3) is 3.88. The minimum absolute atomic E-state index is 0.0247. The van der Waals surface area contributed by atoms with E-state index in [1.165, 1.54) is 21.9 Å². The van der Waals surface area contributed by atoms with Crippen LogP contribution in [-0.4, -0.2) is 39.9 Å². The lowest BCUT2D eigenvalue weighted by Crippen LogP contribution is -2.54. The van der Waals surface area contributed by atoms with Crippen molar-refractivity contribution in [3.63, 3.8) is 0 Å². The molecule has 7 nitrogen and oxygen atoms in total. The lowest BCUT2D eigenvalue weighted by Gasteiger charge is -2.32. The number of anilines is 1. The van der Waals surface area contributed by atoms with E-state index in [0.717, 1.165) is 12.1 Å². The van der Waals surface area contributed by atoms with Gasteiger partial charge in [-0.15, -0.1) is 0 Å². The van der Waals surface area contributed by atoms with Crippen molar-refractivity contribution in [1.29, 1.82) is 0 Å². The maximum atomic E-state index is 12.9. The van der Waals surface area contributed by atoms with Gasteiger partial charge in [0.2, 0.25) is 11.7 Å². The molecule has 0 saturated carbocycles. The molecule has 0 unspecified atom stereocenters. The maximum absolute atomic E-state index is 12.9. The number of aromatic nitrogens is 2. The van der Waals surface area contributed by atoms with E-state index >= 15 is 0 Å². The first kappa shape index (κ1) is 19.6. The molecule has 154 valence electrons. The van der Waals surface area contributed by atoms with Gasteiger partial charge in [0.15, 0.2) is 0 Å². The molecule has 10 heteroatoms. The van der Waals surface area contributed by atoms with Crippen LogP contribution in [0.4, 0.5) is 18.9 Å². The SMILES string of the molecule is O=C1C(=O)N(c2ccccc2)CCN1Cc1nc(-c2cccc(C(F)(F)F)c2)no1. The van der Waals surface area contributed by atoms with E-state index < -0.39 is 23.6 Å². The molecule has 0 radical (unpaired) electrons. The second kappa shape index (κ2) is 7.62. The fourth-order valence-corrected chi connectivity index (χ4v) is 3.11. The summed E-state index contributed by atoms with van der Waals surface area (Å²) < 4.78 is 43.7. The normalized spacial score (nSPS) is 15.0. The number of carbonyl (C=O) groups is 2. The molecule has 2 amide bonds. The van der Waals surface area contributed by atoms with Gasteiger partial charge in [-0.3, -0.25) is 9.59 Å². The number of benzene rings is 2. The second-order valence-corrected chi connectivity index (χ2v) is 6.61. The Balaban J connectivity index is 1.47. The van der Waals surface area contributed by atoms with Crippen molar-refractivity contribution in [3.05, 3.63) is 66.1 Å². The Bertz CT molecular complexity index is 1080. The summed E-state index contributed by atoms with van der Waals surface area (Å²) >= 11 is 0. The van der Waals surface area contributed by atoms with Crippen molar-refractivity contribution in [2.45, 2.75) is 12.7 Å². The van der Waals surface area contributed by atoms with E-state index in [4.69, 9.17) is 4.52 Å². The molecule has 30 heavy (non-hydrogen) atoms. The second-order valence-electron chi connectivity index (χ2n) is 6.61. The van der Waals surface area contributed by atoms with Crippen LogP contribution in [0.25, 0.3) is 11.4 Å². The molecule has 0 aliphatic carbocycles. The van der Waals surface area contributed by atoms with Gasteiger partial charge in [-0.1, -0.05) is 35.5 Å². The Morgan fingerprint density at radius 1 is 0.967 bits per heavy atom. The average molecular weight is 416 g/mol. The van der Waals surface area contributed by atoms with Gasteiger partial charge >= 0.3 is 18.0 Å². The monoisotopic (exact) mass is 416 g/mol. The highest BCUT2D eigenvalue weighted by atomic mass is 19.4. The van der Waals surface area contributed by atoms with Gasteiger partial charge in [-0.25, -0.2) is 0 Å². The van der Waals surface area contributed by atoms with Gasteiger partial charge < -0.3 is 14.3 Å². The molecule has 2 aromatic carbocycles. The van der Waals surface area contributed by atoms with Gasteiger partial charge in [0, 0.05) is 24.3 Å². The number of hydrogen-bond acceptors (Lipinski definition) is 5. The summed E-state index contributed by atoms with van der Waals surface area (Å²) in [4.78, 5) is 31.6. The molecular formula is C20H15F3N4O3. The van der Waals surface area contributed by atoms with E-state index in [9.17, 15) is 22.8 Å². The van der Waals surface area contributed by atoms with Crippen molar-refractivity contribution >= 4 is 17.5 Å². The molecule has 1 fully saturated rings. The first-order valence-corrected chi connectivity index (χ1v) is 8.99. The summed E-state index contributed by atoms with van der Waals surface area (Å²) in [5.41, 5.74) is -0.0691. The summed E-state index contributed by atoms with van der Waals surface area (Å²) in [6.07, 6.45) is -4.49. The van der Waals surface area contributed by atoms with E-state index in [-0.39, 0.29) is 30.4 Å². The van der Waals surface area contributed by atoms with Gasteiger partial charge in [-0.2, -0.15) is 18.2 Å². The molecule has 0 atom stereocenters. The summed E-state index contributed by atoms with van der Waals surface area (Å²) in [5, 5.41) is 3.69. The van der Waals surface area contributed by atoms with Crippen LogP contribution in [0.5, 0.6) is 0 Å². The van der Waals surface area contributed by atoms with Crippen LogP contribution in [0.15, 0.2) is 59.1 Å². The van der Waals surface area contributed by atoms with Gasteiger partial charge in [0.25, 0.3) is 0 Å². The van der Waals surface area contributed by atoms with Crippen molar-refractivity contribution in [2.75, 3.05) is 18.0 Å². The average Bonchev–Trinajstić information content (AvgIpc) is 3.20. The lowest BCUT2D eigenvalue weighted by molar-refractivity contribution is -0.146. The quantitative estimate of drug-likeness (QED) is 0.611. The fraction of sp³-hybridized carbons (Fsp3) is 0.200. The van der Waals surface area contributed by atoms with Crippen molar-refractivity contribution < 1.29 is 27.3 Å². The number of rotatable bonds is 4. The standard InChI is InChI=1S/C20H15F3N4O3/c21-20(22,23)14-6-4-5-13(11-14)17-24-16(30-25-17)12-26-9-10-27(19(29)18(26)28)15-7-2-1-3-8-15/h1-8,11H,9-10,12H2. The number of alkyl halides is 3. The van der Waals surface area contributed by atoms with Gasteiger partial charge in [0.1, 0.15) is 6.54 Å². The number of carbonyl (C=O) groups excluding carboxylic acids is 2. The summed E-state index contributed by atoms with van der Waals surface area (Å²) in [6.45, 7) is 0.434. The van der Waals surface area contributed by atoms with E-state index in [2.05, 4.69) is 10.1 Å². The first-order chi connectivity index (χ1) is 14.3. The molecule has 1 saturated heterocycles. The first-order valence-electron chi connectivity index (χ1n) is 8.99. The maximum Gasteiger partial charge on any atom is 0.416 e. The Morgan fingerprint density at radius 3 is 2.47 bits per heavy atom. The minimum atomic E-state index is -4.49. The number of para-hydroxylation sites is 1. The van der Waals surface area contributed by atoms with Crippen LogP contribution in [0, 0.1) is 0 Å². The molecule has 0 N–H and O–H groups in total. The zero-order valence-electron chi connectivity index (χ0n) is 15.5. The van der Waals surface area contributed by atoms with Crippen LogP contribution in [0.2, 0.25) is 0 Å². The largest absolute Gasteiger partial charge is 0.416 e. The number of halogens is 3. The molecule has 0 bridgehead atoms. The number of hydrogen-bond donors (Lipinski definition) is 0. The zero-order chi connectivity index (χ0) is 21.3. The van der Waals surface area contributed by atoms with Crippen molar-refractivity contribution in [1.82, 2.24) is 15.0 Å². The van der Waals surface area contributed by atoms with Crippen LogP contribution in [-0.2, 0) is 22.3 Å². The zero-order valence-corrected chi connectivity index (χ0v) is 15.5. The van der Waals surface area contributed by atoms with E-state index in [1.54, 1.807) is 24.3 Å². The Labute approximate surface area is 168 Å². The Morgan fingerprint density at radius 2 is 1.73 bits per heavy atom. The molecule has 4 rings (SSSR count). The molecule has 1 aromatic heterocycles. The van der Waals surface area contributed by atoms with Crippen LogP contribution < -0.4 is 4.90 Å². The fourth-order valence-electron chi connectivity index (χ4n) is 3.11. The minimum Gasteiger partial charge on any atom is -0.337 e. The number of nitrogens with zero attached hydrogens (tertiary/aromatic N) is 4. The highest BCUT2D eigenvalue weighted by Crippen LogP contribution is 2.31. The predicted octanol–water partition coefficient (Wildman–Crippen LogP) is 3.13. The molecule has 0 spiro atoms. The molecular weight excluding hydrogens is 401 g/mol. The van der Waals surface area contributed by atoms with Crippen molar-refractivity contribution in [3.8, 4) is 11.4 Å². The molecule has 2 heterocycles. The summed E-state index contributed by atoms with van der Waals surface area (Å²) in [5.74, 6) is -1.40. The topological polar surface area (TPSA) is 79.5 Å². The predicted molar refractivity (Wildman–Crippen MR) is 98.9 cm³/mol. The summed E-state index contributed by atoms with van der Waals surface area (Å²) in [6, 6.07) is 13.4. The third-order valence-electron chi connectivity index (χ3n) is 4.62. The lowest BCUT2D eigenvalue weighted by atomic mass is 10.1. The Hall–Kier alpha value is -3.69. The number of piperazine rings is 1. The van der Waals surface area contributed by atoms with Gasteiger partial charge in [0.05, 0.1) is 5.56 Å². The Kier molecular flexibility index (Phi) is 4.98. The molecule has 1 aliphatic rings. The number of amides is 2.